The van der Waals surface area contributed by atoms with Gasteiger partial charge in [0, 0.05) is 12.6 Å². The zero-order chi connectivity index (χ0) is 20.9. The molecule has 0 atom stereocenters. The highest BCUT2D eigenvalue weighted by Gasteiger charge is 2.08. The number of hydrogen-bond donors (Lipinski definition) is 1. The molecular formula is C23H53N3OSi. The first-order valence-corrected chi connectivity index (χ1v) is 14.0. The van der Waals surface area contributed by atoms with E-state index in [9.17, 15) is 0 Å². The largest absolute Gasteiger partial charge is 0.424 e. The Morgan fingerprint density at radius 1 is 0.750 bits per heavy atom. The summed E-state index contributed by atoms with van der Waals surface area (Å²) in [7, 11) is -0.283. The number of rotatable bonds is 22. The Bertz CT molecular complexity index is 304. The fourth-order valence-electron chi connectivity index (χ4n) is 3.67. The molecule has 0 amide bonds. The molecule has 0 aromatic rings. The van der Waals surface area contributed by atoms with Crippen molar-refractivity contribution in [1.29, 1.82) is 0 Å². The molecule has 5 heteroatoms. The van der Waals surface area contributed by atoms with Crippen molar-refractivity contribution >= 4 is 9.76 Å². The van der Waals surface area contributed by atoms with Crippen molar-refractivity contribution in [1.82, 2.24) is 15.1 Å². The van der Waals surface area contributed by atoms with Gasteiger partial charge in [-0.05, 0) is 96.8 Å². The Hall–Kier alpha value is 0.0569. The Labute approximate surface area is 180 Å². The zero-order valence-corrected chi connectivity index (χ0v) is 21.5. The molecular weight excluding hydrogens is 362 g/mol. The van der Waals surface area contributed by atoms with E-state index in [0.717, 1.165) is 13.2 Å². The molecule has 0 spiro atoms. The molecule has 0 unspecified atom stereocenters. The van der Waals surface area contributed by atoms with Gasteiger partial charge >= 0.3 is 0 Å². The molecule has 1 N–H and O–H groups in total. The number of hydrogen-bond acceptors (Lipinski definition) is 4. The normalized spacial score (nSPS) is 12.4. The molecule has 0 radical (unpaired) electrons. The van der Waals surface area contributed by atoms with E-state index in [1.54, 1.807) is 0 Å². The van der Waals surface area contributed by atoms with E-state index >= 15 is 0 Å². The third kappa shape index (κ3) is 17.0. The summed E-state index contributed by atoms with van der Waals surface area (Å²) in [4.78, 5) is 5.32. The first-order valence-electron chi connectivity index (χ1n) is 12.5. The Morgan fingerprint density at radius 3 is 2.07 bits per heavy atom. The molecule has 0 aromatic heterocycles. The van der Waals surface area contributed by atoms with E-state index < -0.39 is 0 Å². The fraction of sp³-hybridized carbons (Fsp3) is 1.00. The Morgan fingerprint density at radius 2 is 1.43 bits per heavy atom. The van der Waals surface area contributed by atoms with Crippen molar-refractivity contribution in [2.45, 2.75) is 98.1 Å². The van der Waals surface area contributed by atoms with Gasteiger partial charge < -0.3 is 19.5 Å². The van der Waals surface area contributed by atoms with Crippen LogP contribution in [0, 0.1) is 0 Å². The van der Waals surface area contributed by atoms with Crippen molar-refractivity contribution in [2.24, 2.45) is 0 Å². The predicted molar refractivity (Wildman–Crippen MR) is 129 cm³/mol. The van der Waals surface area contributed by atoms with E-state index in [1.165, 1.54) is 96.7 Å². The van der Waals surface area contributed by atoms with Crippen LogP contribution in [0.5, 0.6) is 0 Å². The fourth-order valence-corrected chi connectivity index (χ4v) is 4.71. The van der Waals surface area contributed by atoms with Gasteiger partial charge in [0.2, 0.25) is 0 Å². The highest BCUT2D eigenvalue weighted by molar-refractivity contribution is 6.26. The van der Waals surface area contributed by atoms with Gasteiger partial charge in [0.05, 0.1) is 0 Å². The van der Waals surface area contributed by atoms with Gasteiger partial charge in [-0.3, -0.25) is 0 Å². The van der Waals surface area contributed by atoms with Gasteiger partial charge in [-0.2, -0.15) is 0 Å². The molecule has 0 heterocycles. The Kier molecular flexibility index (Phi) is 21.8. The van der Waals surface area contributed by atoms with Crippen LogP contribution >= 0.6 is 0 Å². The van der Waals surface area contributed by atoms with E-state index in [1.807, 2.05) is 0 Å². The van der Waals surface area contributed by atoms with Crippen LogP contribution < -0.4 is 5.32 Å². The average Bonchev–Trinajstić information content (AvgIpc) is 2.71. The van der Waals surface area contributed by atoms with Gasteiger partial charge in [0.1, 0.15) is 0 Å². The van der Waals surface area contributed by atoms with Crippen LogP contribution in [0.25, 0.3) is 0 Å². The molecule has 4 nitrogen and oxygen atoms in total. The van der Waals surface area contributed by atoms with Crippen molar-refractivity contribution in [3.05, 3.63) is 0 Å². The molecule has 28 heavy (non-hydrogen) atoms. The molecule has 0 bridgehead atoms. The van der Waals surface area contributed by atoms with Crippen LogP contribution in [-0.4, -0.2) is 78.0 Å². The minimum atomic E-state index is -0.283. The summed E-state index contributed by atoms with van der Waals surface area (Å²) in [6.45, 7) is 21.0. The van der Waals surface area contributed by atoms with Crippen molar-refractivity contribution < 1.29 is 4.43 Å². The lowest BCUT2D eigenvalue weighted by atomic mass is 10.1. The smallest absolute Gasteiger partial charge is 0.161 e. The summed E-state index contributed by atoms with van der Waals surface area (Å²) >= 11 is 0. The summed E-state index contributed by atoms with van der Waals surface area (Å²) in [6.07, 6.45) is 10.1. The monoisotopic (exact) mass is 415 g/mol. The quantitative estimate of drug-likeness (QED) is 0.211. The summed E-state index contributed by atoms with van der Waals surface area (Å²) < 4.78 is 5.86. The second-order valence-electron chi connectivity index (χ2n) is 8.12. The highest BCUT2D eigenvalue weighted by Crippen LogP contribution is 2.03. The highest BCUT2D eigenvalue weighted by atomic mass is 28.2. The maximum atomic E-state index is 5.86. The molecule has 0 aromatic carbocycles. The third-order valence-corrected chi connectivity index (χ3v) is 7.03. The molecule has 0 aliphatic rings. The maximum absolute atomic E-state index is 5.86. The number of unbranched alkanes of at least 4 members (excludes halogenated alkanes) is 1. The molecule has 0 aliphatic heterocycles. The van der Waals surface area contributed by atoms with Crippen LogP contribution in [0.2, 0.25) is 6.04 Å². The van der Waals surface area contributed by atoms with E-state index in [-0.39, 0.29) is 9.76 Å². The second-order valence-corrected chi connectivity index (χ2v) is 9.65. The lowest BCUT2D eigenvalue weighted by Gasteiger charge is -2.25. The van der Waals surface area contributed by atoms with E-state index in [4.69, 9.17) is 4.43 Å². The predicted octanol–water partition coefficient (Wildman–Crippen LogP) is 4.29. The zero-order valence-electron chi connectivity index (χ0n) is 20.1. The molecule has 0 aliphatic carbocycles. The SMILES string of the molecule is CCCCO[SiH2]CCCN(CCCNC(CC)CC)CCCN(CC)CCC. The number of nitrogens with one attached hydrogen (secondary N) is 1. The molecule has 170 valence electrons. The van der Waals surface area contributed by atoms with Crippen molar-refractivity contribution in [3.63, 3.8) is 0 Å². The summed E-state index contributed by atoms with van der Waals surface area (Å²) in [5.74, 6) is 0. The Balaban J connectivity index is 4.10. The van der Waals surface area contributed by atoms with Gasteiger partial charge in [-0.25, -0.2) is 0 Å². The van der Waals surface area contributed by atoms with E-state index in [0.29, 0.717) is 6.04 Å². The van der Waals surface area contributed by atoms with Crippen LogP contribution in [-0.2, 0) is 4.43 Å². The molecule has 0 saturated carbocycles. The molecule has 0 fully saturated rings. The lowest BCUT2D eigenvalue weighted by molar-refractivity contribution is 0.228. The minimum Gasteiger partial charge on any atom is -0.424 e. The first kappa shape index (κ1) is 28.1. The maximum Gasteiger partial charge on any atom is 0.161 e. The average molecular weight is 416 g/mol. The summed E-state index contributed by atoms with van der Waals surface area (Å²) in [6, 6.07) is 2.04. The van der Waals surface area contributed by atoms with Crippen LogP contribution in [0.1, 0.15) is 86.0 Å². The van der Waals surface area contributed by atoms with Crippen LogP contribution in [0.15, 0.2) is 0 Å². The van der Waals surface area contributed by atoms with Gasteiger partial charge in [-0.1, -0.05) is 41.0 Å². The van der Waals surface area contributed by atoms with Crippen LogP contribution in [0.4, 0.5) is 0 Å². The van der Waals surface area contributed by atoms with Crippen molar-refractivity contribution in [2.75, 3.05) is 52.4 Å². The molecule has 0 rings (SSSR count). The lowest BCUT2D eigenvalue weighted by Crippen LogP contribution is -2.34. The first-order chi connectivity index (χ1) is 13.7. The number of nitrogens with zero attached hydrogens (tertiary/aromatic N) is 2. The third-order valence-electron chi connectivity index (χ3n) is 5.66. The van der Waals surface area contributed by atoms with E-state index in [2.05, 4.69) is 49.7 Å². The minimum absolute atomic E-state index is 0.283. The van der Waals surface area contributed by atoms with Gasteiger partial charge in [0.15, 0.2) is 9.76 Å². The molecule has 0 saturated heterocycles. The summed E-state index contributed by atoms with van der Waals surface area (Å²) in [5, 5.41) is 3.72. The van der Waals surface area contributed by atoms with Gasteiger partial charge in [-0.15, -0.1) is 0 Å². The second kappa shape index (κ2) is 21.8. The van der Waals surface area contributed by atoms with Crippen molar-refractivity contribution in [3.8, 4) is 0 Å². The van der Waals surface area contributed by atoms with Crippen LogP contribution in [0.3, 0.4) is 0 Å². The summed E-state index contributed by atoms with van der Waals surface area (Å²) in [5.41, 5.74) is 0. The standard InChI is InChI=1S/C23H53N3OSi/c1-6-11-21-27-28-22-14-20-26(17-12-15-24-23(8-3)9-4)19-13-18-25(10-5)16-7-2/h23-24H,6-22,28H2,1-5H3. The topological polar surface area (TPSA) is 27.7 Å². The van der Waals surface area contributed by atoms with Gasteiger partial charge in [0.25, 0.3) is 0 Å².